The molecule has 0 atom stereocenters. The Morgan fingerprint density at radius 1 is 1.19 bits per heavy atom. The molecule has 2 N–H and O–H groups in total. The number of anilines is 1. The van der Waals surface area contributed by atoms with Gasteiger partial charge in [-0.2, -0.15) is 0 Å². The summed E-state index contributed by atoms with van der Waals surface area (Å²) in [5, 5.41) is 10.7. The van der Waals surface area contributed by atoms with E-state index in [9.17, 15) is 4.79 Å². The van der Waals surface area contributed by atoms with Crippen molar-refractivity contribution in [3.05, 3.63) is 64.4 Å². The number of amides is 1. The number of nitrogens with zero attached hydrogens (tertiary/aromatic N) is 2. The van der Waals surface area contributed by atoms with Gasteiger partial charge in [0.15, 0.2) is 5.82 Å². The van der Waals surface area contributed by atoms with E-state index in [0.29, 0.717) is 21.7 Å². The Hall–Kier alpha value is -2.51. The topological polar surface area (TPSA) is 79.9 Å². The number of aryl methyl sites for hydroxylation is 2. The maximum absolute atomic E-state index is 12.0. The summed E-state index contributed by atoms with van der Waals surface area (Å²) in [5.41, 5.74) is 2.73. The van der Waals surface area contributed by atoms with Gasteiger partial charge in [-0.3, -0.25) is 9.89 Å². The molecule has 140 valence electrons. The van der Waals surface area contributed by atoms with Crippen molar-refractivity contribution in [2.24, 2.45) is 0 Å². The van der Waals surface area contributed by atoms with Crippen LogP contribution in [0, 0.1) is 13.8 Å². The van der Waals surface area contributed by atoms with Gasteiger partial charge in [0.1, 0.15) is 12.4 Å². The van der Waals surface area contributed by atoms with Crippen molar-refractivity contribution in [3.63, 3.8) is 0 Å². The normalized spacial score (nSPS) is 10.6. The highest BCUT2D eigenvalue weighted by Gasteiger charge is 2.10. The van der Waals surface area contributed by atoms with E-state index >= 15 is 0 Å². The van der Waals surface area contributed by atoms with Crippen LogP contribution in [-0.4, -0.2) is 26.8 Å². The summed E-state index contributed by atoms with van der Waals surface area (Å²) >= 11 is 7.27. The zero-order valence-corrected chi connectivity index (χ0v) is 16.5. The number of hydrogen-bond acceptors (Lipinski definition) is 5. The molecule has 3 aromatic rings. The number of carbonyl (C=O) groups excluding carboxylic acids is 1. The SMILES string of the molecule is Cc1cccc(C)c1OCc1nc(SCC(=O)Nc2ccccc2Cl)n[nH]1. The highest BCUT2D eigenvalue weighted by atomic mass is 35.5. The molecule has 0 bridgehead atoms. The number of carbonyl (C=O) groups is 1. The second kappa shape index (κ2) is 8.92. The Balaban J connectivity index is 1.51. The summed E-state index contributed by atoms with van der Waals surface area (Å²) in [6.45, 7) is 4.29. The van der Waals surface area contributed by atoms with E-state index in [1.165, 1.54) is 11.8 Å². The molecule has 0 aliphatic heterocycles. The number of benzene rings is 2. The molecule has 0 unspecified atom stereocenters. The zero-order valence-electron chi connectivity index (χ0n) is 15.0. The van der Waals surface area contributed by atoms with Crippen LogP contribution in [0.5, 0.6) is 5.75 Å². The van der Waals surface area contributed by atoms with Gasteiger partial charge in [0, 0.05) is 0 Å². The lowest BCUT2D eigenvalue weighted by molar-refractivity contribution is -0.113. The maximum atomic E-state index is 12.0. The van der Waals surface area contributed by atoms with Gasteiger partial charge in [0.2, 0.25) is 11.1 Å². The highest BCUT2D eigenvalue weighted by molar-refractivity contribution is 7.99. The highest BCUT2D eigenvalue weighted by Crippen LogP contribution is 2.24. The number of aromatic amines is 1. The fourth-order valence-corrected chi connectivity index (χ4v) is 3.25. The van der Waals surface area contributed by atoms with Crippen molar-refractivity contribution in [1.29, 1.82) is 0 Å². The van der Waals surface area contributed by atoms with E-state index in [4.69, 9.17) is 16.3 Å². The zero-order chi connectivity index (χ0) is 19.2. The average Bonchev–Trinajstić information content (AvgIpc) is 3.09. The van der Waals surface area contributed by atoms with Crippen LogP contribution in [0.3, 0.4) is 0 Å². The Labute approximate surface area is 166 Å². The minimum atomic E-state index is -0.175. The minimum absolute atomic E-state index is 0.175. The van der Waals surface area contributed by atoms with Crippen LogP contribution in [0.1, 0.15) is 17.0 Å². The van der Waals surface area contributed by atoms with Crippen molar-refractivity contribution >= 4 is 35.0 Å². The van der Waals surface area contributed by atoms with Crippen LogP contribution < -0.4 is 10.1 Å². The second-order valence-corrected chi connectivity index (χ2v) is 7.24. The summed E-state index contributed by atoms with van der Waals surface area (Å²) in [6.07, 6.45) is 0. The number of para-hydroxylation sites is 2. The second-order valence-electron chi connectivity index (χ2n) is 5.89. The lowest BCUT2D eigenvalue weighted by Crippen LogP contribution is -2.14. The lowest BCUT2D eigenvalue weighted by Gasteiger charge is -2.10. The van der Waals surface area contributed by atoms with E-state index in [2.05, 4.69) is 20.5 Å². The minimum Gasteiger partial charge on any atom is -0.485 e. The summed E-state index contributed by atoms with van der Waals surface area (Å²) in [7, 11) is 0. The standard InChI is InChI=1S/C19H19ClN4O2S/c1-12-6-5-7-13(2)18(12)26-10-16-22-19(24-23-16)27-11-17(25)21-15-9-4-3-8-14(15)20/h3-9H,10-11H2,1-2H3,(H,21,25)(H,22,23,24). The first-order valence-electron chi connectivity index (χ1n) is 8.30. The number of aromatic nitrogens is 3. The third-order valence-electron chi connectivity index (χ3n) is 3.75. The molecule has 0 aliphatic carbocycles. The molecule has 1 amide bonds. The first-order chi connectivity index (χ1) is 13.0. The van der Waals surface area contributed by atoms with E-state index in [-0.39, 0.29) is 18.3 Å². The Morgan fingerprint density at radius 2 is 1.93 bits per heavy atom. The van der Waals surface area contributed by atoms with Crippen LogP contribution in [0.15, 0.2) is 47.6 Å². The summed E-state index contributed by atoms with van der Waals surface area (Å²) in [5.74, 6) is 1.46. The van der Waals surface area contributed by atoms with Crippen LogP contribution in [0.2, 0.25) is 5.02 Å². The summed E-state index contributed by atoms with van der Waals surface area (Å²) in [6, 6.07) is 13.1. The number of rotatable bonds is 7. The molecule has 2 aromatic carbocycles. The van der Waals surface area contributed by atoms with Crippen molar-refractivity contribution in [1.82, 2.24) is 15.2 Å². The number of halogens is 1. The molecular weight excluding hydrogens is 384 g/mol. The summed E-state index contributed by atoms with van der Waals surface area (Å²) in [4.78, 5) is 16.4. The third kappa shape index (κ3) is 5.24. The van der Waals surface area contributed by atoms with Gasteiger partial charge in [0.25, 0.3) is 0 Å². The monoisotopic (exact) mass is 402 g/mol. The molecule has 8 heteroatoms. The number of hydrogen-bond donors (Lipinski definition) is 2. The molecule has 3 rings (SSSR count). The quantitative estimate of drug-likeness (QED) is 0.573. The molecule has 0 saturated carbocycles. The van der Waals surface area contributed by atoms with Crippen LogP contribution in [0.4, 0.5) is 5.69 Å². The van der Waals surface area contributed by atoms with Crippen molar-refractivity contribution in [2.45, 2.75) is 25.6 Å². The molecule has 1 heterocycles. The molecular formula is C19H19ClN4O2S. The first-order valence-corrected chi connectivity index (χ1v) is 9.67. The van der Waals surface area contributed by atoms with Crippen LogP contribution in [0.25, 0.3) is 0 Å². The third-order valence-corrected chi connectivity index (χ3v) is 4.93. The number of nitrogens with one attached hydrogen (secondary N) is 2. The van der Waals surface area contributed by atoms with Gasteiger partial charge in [-0.25, -0.2) is 4.98 Å². The van der Waals surface area contributed by atoms with Crippen LogP contribution >= 0.6 is 23.4 Å². The maximum Gasteiger partial charge on any atom is 0.234 e. The largest absolute Gasteiger partial charge is 0.485 e. The van der Waals surface area contributed by atoms with E-state index in [1.54, 1.807) is 12.1 Å². The van der Waals surface area contributed by atoms with E-state index in [0.717, 1.165) is 16.9 Å². The average molecular weight is 403 g/mol. The molecule has 0 aliphatic rings. The molecule has 0 saturated heterocycles. The van der Waals surface area contributed by atoms with Gasteiger partial charge >= 0.3 is 0 Å². The summed E-state index contributed by atoms with van der Waals surface area (Å²) < 4.78 is 5.85. The molecule has 27 heavy (non-hydrogen) atoms. The molecule has 6 nitrogen and oxygen atoms in total. The van der Waals surface area contributed by atoms with E-state index < -0.39 is 0 Å². The van der Waals surface area contributed by atoms with Crippen molar-refractivity contribution in [3.8, 4) is 5.75 Å². The molecule has 1 aromatic heterocycles. The molecule has 0 spiro atoms. The van der Waals surface area contributed by atoms with Crippen LogP contribution in [-0.2, 0) is 11.4 Å². The Bertz CT molecular complexity index is 925. The number of ether oxygens (including phenoxy) is 1. The first kappa shape index (κ1) is 19.3. The molecule has 0 fully saturated rings. The number of thioether (sulfide) groups is 1. The van der Waals surface area contributed by atoms with E-state index in [1.807, 2.05) is 44.2 Å². The Kier molecular flexibility index (Phi) is 6.36. The smallest absolute Gasteiger partial charge is 0.234 e. The Morgan fingerprint density at radius 3 is 2.67 bits per heavy atom. The van der Waals surface area contributed by atoms with Gasteiger partial charge in [-0.05, 0) is 37.1 Å². The van der Waals surface area contributed by atoms with Crippen molar-refractivity contribution < 1.29 is 9.53 Å². The fraction of sp³-hybridized carbons (Fsp3) is 0.211. The molecule has 0 radical (unpaired) electrons. The lowest BCUT2D eigenvalue weighted by atomic mass is 10.1. The predicted molar refractivity (Wildman–Crippen MR) is 107 cm³/mol. The van der Waals surface area contributed by atoms with Gasteiger partial charge in [-0.1, -0.05) is 53.7 Å². The fourth-order valence-electron chi connectivity index (χ4n) is 2.45. The predicted octanol–water partition coefficient (Wildman–Crippen LogP) is 4.38. The van der Waals surface area contributed by atoms with Crippen molar-refractivity contribution in [2.75, 3.05) is 11.1 Å². The van der Waals surface area contributed by atoms with Gasteiger partial charge in [-0.15, -0.1) is 5.10 Å². The van der Waals surface area contributed by atoms with Gasteiger partial charge < -0.3 is 10.1 Å². The number of H-pyrrole nitrogens is 1. The van der Waals surface area contributed by atoms with Gasteiger partial charge in [0.05, 0.1) is 16.5 Å².